The molecule has 0 saturated heterocycles. The Balaban J connectivity index is 2.07. The maximum Gasteiger partial charge on any atom is 0.136 e. The van der Waals surface area contributed by atoms with E-state index < -0.39 is 5.82 Å². The third-order valence-corrected chi connectivity index (χ3v) is 4.25. The minimum Gasteiger partial charge on any atom is -0.312 e. The summed E-state index contributed by atoms with van der Waals surface area (Å²) in [6.45, 7) is 2.04. The normalized spacial score (nSPS) is 12.4. The molecule has 1 nitrogen and oxygen atoms in total. The van der Waals surface area contributed by atoms with Crippen LogP contribution in [-0.2, 0) is 0 Å². The molecule has 0 bridgehead atoms. The molecule has 106 valence electrons. The van der Waals surface area contributed by atoms with Crippen LogP contribution in [0.4, 0.5) is 8.78 Å². The molecule has 2 aromatic carbocycles. The molecular formula is C16H17F2NS. The van der Waals surface area contributed by atoms with Crippen molar-refractivity contribution >= 4 is 11.8 Å². The summed E-state index contributed by atoms with van der Waals surface area (Å²) in [6, 6.07) is 11.8. The molecule has 1 atom stereocenters. The molecule has 2 aromatic rings. The Morgan fingerprint density at radius 1 is 1.10 bits per heavy atom. The number of aryl methyl sites for hydroxylation is 1. The molecule has 1 unspecified atom stereocenters. The molecule has 0 saturated carbocycles. The van der Waals surface area contributed by atoms with Gasteiger partial charge in [0.2, 0.25) is 0 Å². The fraction of sp³-hybridized carbons (Fsp3) is 0.250. The Bertz CT molecular complexity index is 569. The molecule has 0 spiro atoms. The van der Waals surface area contributed by atoms with Crippen LogP contribution in [0.5, 0.6) is 0 Å². The van der Waals surface area contributed by atoms with E-state index in [9.17, 15) is 8.78 Å². The van der Waals surface area contributed by atoms with E-state index in [2.05, 4.69) is 17.4 Å². The van der Waals surface area contributed by atoms with Gasteiger partial charge in [-0.25, -0.2) is 8.78 Å². The average Bonchev–Trinajstić information content (AvgIpc) is 2.45. The van der Waals surface area contributed by atoms with Crippen LogP contribution in [0.25, 0.3) is 0 Å². The lowest BCUT2D eigenvalue weighted by molar-refractivity contribution is 0.576. The first-order chi connectivity index (χ1) is 9.60. The number of halogens is 2. The molecule has 0 amide bonds. The first-order valence-electron chi connectivity index (χ1n) is 6.42. The Morgan fingerprint density at radius 3 is 2.45 bits per heavy atom. The lowest BCUT2D eigenvalue weighted by atomic mass is 10.1. The summed E-state index contributed by atoms with van der Waals surface area (Å²) in [6.07, 6.45) is 0. The highest BCUT2D eigenvalue weighted by Crippen LogP contribution is 2.27. The second-order valence-electron chi connectivity index (χ2n) is 4.64. The lowest BCUT2D eigenvalue weighted by Gasteiger charge is -2.16. The zero-order chi connectivity index (χ0) is 14.5. The number of hydrogen-bond donors (Lipinski definition) is 1. The number of nitrogens with one attached hydrogen (secondary N) is 1. The molecule has 0 aliphatic rings. The zero-order valence-electron chi connectivity index (χ0n) is 11.5. The molecule has 0 heterocycles. The van der Waals surface area contributed by atoms with Crippen LogP contribution in [0.2, 0.25) is 0 Å². The van der Waals surface area contributed by atoms with Crippen LogP contribution in [0, 0.1) is 18.6 Å². The minimum atomic E-state index is -0.412. The van der Waals surface area contributed by atoms with Crippen molar-refractivity contribution in [2.45, 2.75) is 17.9 Å². The molecule has 0 radical (unpaired) electrons. The highest BCUT2D eigenvalue weighted by atomic mass is 32.2. The molecule has 0 fully saturated rings. The Kier molecular flexibility index (Phi) is 5.15. The van der Waals surface area contributed by atoms with Crippen LogP contribution >= 0.6 is 11.8 Å². The van der Waals surface area contributed by atoms with E-state index in [-0.39, 0.29) is 11.9 Å². The van der Waals surface area contributed by atoms with Crippen molar-refractivity contribution in [1.82, 2.24) is 5.32 Å². The average molecular weight is 293 g/mol. The topological polar surface area (TPSA) is 12.0 Å². The van der Waals surface area contributed by atoms with E-state index in [1.54, 1.807) is 0 Å². The van der Waals surface area contributed by atoms with Crippen molar-refractivity contribution in [3.63, 3.8) is 0 Å². The number of rotatable bonds is 5. The summed E-state index contributed by atoms with van der Waals surface area (Å²) in [5, 5.41) is 3.21. The van der Waals surface area contributed by atoms with Gasteiger partial charge in [0.05, 0.1) is 0 Å². The Morgan fingerprint density at radius 2 is 1.80 bits per heavy atom. The third kappa shape index (κ3) is 3.81. The largest absolute Gasteiger partial charge is 0.312 e. The molecule has 4 heteroatoms. The van der Waals surface area contributed by atoms with Gasteiger partial charge in [-0.1, -0.05) is 29.8 Å². The van der Waals surface area contributed by atoms with Gasteiger partial charge in [-0.15, -0.1) is 11.8 Å². The van der Waals surface area contributed by atoms with E-state index >= 15 is 0 Å². The highest BCUT2D eigenvalue weighted by Gasteiger charge is 2.12. The number of thioether (sulfide) groups is 1. The fourth-order valence-corrected chi connectivity index (χ4v) is 3.01. The Labute approximate surface area is 122 Å². The van der Waals surface area contributed by atoms with E-state index in [1.165, 1.54) is 23.4 Å². The first kappa shape index (κ1) is 15.0. The van der Waals surface area contributed by atoms with Crippen LogP contribution in [0.1, 0.15) is 17.2 Å². The van der Waals surface area contributed by atoms with Gasteiger partial charge in [0.1, 0.15) is 11.6 Å². The van der Waals surface area contributed by atoms with Crippen molar-refractivity contribution in [3.8, 4) is 0 Å². The van der Waals surface area contributed by atoms with Gasteiger partial charge in [0, 0.05) is 16.7 Å². The van der Waals surface area contributed by atoms with Gasteiger partial charge in [-0.3, -0.25) is 0 Å². The van der Waals surface area contributed by atoms with Gasteiger partial charge in [0.25, 0.3) is 0 Å². The second-order valence-corrected chi connectivity index (χ2v) is 5.70. The van der Waals surface area contributed by atoms with Crippen LogP contribution in [-0.4, -0.2) is 12.8 Å². The van der Waals surface area contributed by atoms with E-state index in [0.29, 0.717) is 10.6 Å². The summed E-state index contributed by atoms with van der Waals surface area (Å²) in [7, 11) is 1.87. The monoisotopic (exact) mass is 293 g/mol. The Hall–Kier alpha value is -1.39. The van der Waals surface area contributed by atoms with Gasteiger partial charge >= 0.3 is 0 Å². The second kappa shape index (κ2) is 6.86. The summed E-state index contributed by atoms with van der Waals surface area (Å²) >= 11 is 1.32. The lowest BCUT2D eigenvalue weighted by Crippen LogP contribution is -2.18. The van der Waals surface area contributed by atoms with Crippen molar-refractivity contribution in [3.05, 3.63) is 65.2 Å². The van der Waals surface area contributed by atoms with E-state index in [0.717, 1.165) is 17.7 Å². The van der Waals surface area contributed by atoms with Crippen molar-refractivity contribution < 1.29 is 8.78 Å². The molecule has 2 rings (SSSR count). The third-order valence-electron chi connectivity index (χ3n) is 3.13. The summed E-state index contributed by atoms with van der Waals surface area (Å²) in [4.78, 5) is 0.345. The van der Waals surface area contributed by atoms with Crippen LogP contribution in [0.15, 0.2) is 47.4 Å². The van der Waals surface area contributed by atoms with Crippen molar-refractivity contribution in [2.75, 3.05) is 12.8 Å². The van der Waals surface area contributed by atoms with E-state index in [4.69, 9.17) is 0 Å². The number of benzene rings is 2. The maximum atomic E-state index is 13.6. The fourth-order valence-electron chi connectivity index (χ4n) is 1.91. The quantitative estimate of drug-likeness (QED) is 0.824. The van der Waals surface area contributed by atoms with Crippen molar-refractivity contribution in [1.29, 1.82) is 0 Å². The summed E-state index contributed by atoms with van der Waals surface area (Å²) < 4.78 is 26.7. The van der Waals surface area contributed by atoms with Crippen LogP contribution in [0.3, 0.4) is 0 Å². The molecular weight excluding hydrogens is 276 g/mol. The molecule has 20 heavy (non-hydrogen) atoms. The molecule has 0 aliphatic heterocycles. The highest BCUT2D eigenvalue weighted by molar-refractivity contribution is 7.99. The molecule has 0 aliphatic carbocycles. The first-order valence-corrected chi connectivity index (χ1v) is 7.40. The van der Waals surface area contributed by atoms with Gasteiger partial charge in [-0.2, -0.15) is 0 Å². The van der Waals surface area contributed by atoms with Crippen molar-refractivity contribution in [2.24, 2.45) is 0 Å². The predicted molar refractivity (Wildman–Crippen MR) is 80.1 cm³/mol. The number of hydrogen-bond acceptors (Lipinski definition) is 2. The van der Waals surface area contributed by atoms with Crippen LogP contribution < -0.4 is 5.32 Å². The van der Waals surface area contributed by atoms with E-state index in [1.807, 2.05) is 26.1 Å². The SMILES string of the molecule is CNC(CSc1cc(F)ccc1F)c1ccc(C)cc1. The minimum absolute atomic E-state index is 0.100. The van der Waals surface area contributed by atoms with Gasteiger partial charge < -0.3 is 5.32 Å². The summed E-state index contributed by atoms with van der Waals surface area (Å²) in [5.41, 5.74) is 2.34. The van der Waals surface area contributed by atoms with Gasteiger partial charge in [-0.05, 0) is 37.7 Å². The van der Waals surface area contributed by atoms with Gasteiger partial charge in [0.15, 0.2) is 0 Å². The molecule has 0 aromatic heterocycles. The zero-order valence-corrected chi connectivity index (χ0v) is 12.3. The predicted octanol–water partition coefficient (Wildman–Crippen LogP) is 4.33. The smallest absolute Gasteiger partial charge is 0.136 e. The standard InChI is InChI=1S/C16H17F2NS/c1-11-3-5-12(6-4-11)15(19-2)10-20-16-9-13(17)7-8-14(16)18/h3-9,15,19H,10H2,1-2H3. The summed E-state index contributed by atoms with van der Waals surface area (Å²) in [5.74, 6) is -0.152. The molecule has 1 N–H and O–H groups in total. The maximum absolute atomic E-state index is 13.6.